The Balaban J connectivity index is 0.812. The number of urea groups is 1. The van der Waals surface area contributed by atoms with Crippen LogP contribution in [0.2, 0.25) is 5.02 Å². The summed E-state index contributed by atoms with van der Waals surface area (Å²) in [4.78, 5) is 91.9. The summed E-state index contributed by atoms with van der Waals surface area (Å²) < 4.78 is 34.8. The van der Waals surface area contributed by atoms with Crippen molar-refractivity contribution < 1.29 is 56.9 Å². The number of nitrogens with zero attached hydrogens (tertiary/aromatic N) is 4. The predicted octanol–water partition coefficient (Wildman–Crippen LogP) is 4.96. The summed E-state index contributed by atoms with van der Waals surface area (Å²) in [6, 6.07) is 17.7. The summed E-state index contributed by atoms with van der Waals surface area (Å²) in [5.74, 6) is -4.48. The Morgan fingerprint density at radius 1 is 0.914 bits per heavy atom. The number of aliphatic carboxylic acids is 1. The van der Waals surface area contributed by atoms with E-state index in [1.807, 2.05) is 19.9 Å². The van der Waals surface area contributed by atoms with Gasteiger partial charge in [0, 0.05) is 85.5 Å². The van der Waals surface area contributed by atoms with E-state index in [2.05, 4.69) is 21.3 Å². The van der Waals surface area contributed by atoms with Gasteiger partial charge in [-0.2, -0.15) is 4.31 Å². The molecule has 3 saturated heterocycles. The van der Waals surface area contributed by atoms with Gasteiger partial charge in [-0.25, -0.2) is 22.8 Å². The summed E-state index contributed by atoms with van der Waals surface area (Å²) in [6.45, 7) is 4.39. The lowest BCUT2D eigenvalue weighted by Gasteiger charge is -2.45. The van der Waals surface area contributed by atoms with Gasteiger partial charge in [0.2, 0.25) is 27.7 Å². The maximum Gasteiger partial charge on any atom is 0.349 e. The van der Waals surface area contributed by atoms with Gasteiger partial charge in [-0.1, -0.05) is 41.9 Å². The molecule has 3 fully saturated rings. The molecule has 8 rings (SSSR count). The third kappa shape index (κ3) is 10.8. The molecule has 0 spiro atoms. The van der Waals surface area contributed by atoms with Crippen LogP contribution in [0.25, 0.3) is 10.4 Å². The molecule has 4 aliphatic heterocycles. The van der Waals surface area contributed by atoms with E-state index in [0.717, 1.165) is 11.3 Å². The second kappa shape index (κ2) is 20.3. The molecule has 1 aromatic heterocycles. The Hall–Kier alpha value is -6.75. The van der Waals surface area contributed by atoms with Crippen molar-refractivity contribution in [2.75, 3.05) is 61.8 Å². The van der Waals surface area contributed by atoms with Gasteiger partial charge in [0.1, 0.15) is 11.1 Å². The minimum Gasteiger partial charge on any atom is -0.479 e. The van der Waals surface area contributed by atoms with Crippen LogP contribution < -0.4 is 26.0 Å². The number of sulfonamides is 1. The molecule has 70 heavy (non-hydrogen) atoms. The number of carboxylic acids is 2. The van der Waals surface area contributed by atoms with Crippen molar-refractivity contribution in [3.05, 3.63) is 93.3 Å². The molecule has 6 amide bonds. The number of ether oxygens (including phenoxy) is 1. The summed E-state index contributed by atoms with van der Waals surface area (Å²) >= 11 is 7.39. The van der Waals surface area contributed by atoms with E-state index in [0.29, 0.717) is 57.0 Å². The Labute approximate surface area is 411 Å². The molecule has 4 aliphatic rings. The molecule has 0 saturated carbocycles. The smallest absolute Gasteiger partial charge is 0.349 e. The highest BCUT2D eigenvalue weighted by Gasteiger charge is 2.42. The molecule has 3 aromatic carbocycles. The van der Waals surface area contributed by atoms with Crippen LogP contribution in [0.15, 0.2) is 66.7 Å². The SMILES string of the molecule is CC1(C)C[C@@H](Nc2cccc(-c3sc(C(=O)O)c(OCC(=O)O)c3Cl)c2)CCN1S(=O)(=O)Cc1cccc(NC(=O)N2CCN(C(=O)CNc3cccc4c3CN(C3CCC(=O)NC3=O)C4=O)CC2)c1. The van der Waals surface area contributed by atoms with Gasteiger partial charge in [-0.15, -0.1) is 11.3 Å². The van der Waals surface area contributed by atoms with Crippen LogP contribution in [0.4, 0.5) is 21.9 Å². The molecule has 0 aliphatic carbocycles. The van der Waals surface area contributed by atoms with E-state index >= 15 is 0 Å². The number of carbonyl (C=O) groups excluding carboxylic acids is 5. The van der Waals surface area contributed by atoms with Crippen molar-refractivity contribution in [3.8, 4) is 16.2 Å². The lowest BCUT2D eigenvalue weighted by Crippen LogP contribution is -2.55. The number of piperidine rings is 2. The number of hydrogen-bond donors (Lipinski definition) is 6. The third-order valence-electron chi connectivity index (χ3n) is 12.7. The fourth-order valence-corrected chi connectivity index (χ4v) is 12.8. The average Bonchev–Trinajstić information content (AvgIpc) is 3.83. The molecule has 370 valence electrons. The van der Waals surface area contributed by atoms with Gasteiger partial charge in [-0.05, 0) is 80.6 Å². The molecule has 0 bridgehead atoms. The number of carbonyl (C=O) groups is 7. The minimum atomic E-state index is -3.84. The van der Waals surface area contributed by atoms with E-state index in [4.69, 9.17) is 21.4 Å². The summed E-state index contributed by atoms with van der Waals surface area (Å²) in [5, 5.41) is 30.6. The zero-order chi connectivity index (χ0) is 50.1. The Bertz CT molecular complexity index is 2880. The number of halogens is 1. The first-order chi connectivity index (χ1) is 33.3. The quantitative estimate of drug-likeness (QED) is 0.0860. The normalized spacial score (nSPS) is 19.3. The van der Waals surface area contributed by atoms with Crippen LogP contribution in [0, 0.1) is 0 Å². The topological polar surface area (TPSA) is 264 Å². The fraction of sp³-hybridized carbons (Fsp3) is 0.383. The van der Waals surface area contributed by atoms with Gasteiger partial charge in [0.15, 0.2) is 17.2 Å². The van der Waals surface area contributed by atoms with E-state index in [1.165, 1.54) is 9.21 Å². The van der Waals surface area contributed by atoms with Crippen molar-refractivity contribution >= 4 is 91.6 Å². The first kappa shape index (κ1) is 49.7. The second-order valence-corrected chi connectivity index (χ2v) is 21.3. The van der Waals surface area contributed by atoms with Crippen LogP contribution in [-0.4, -0.2) is 143 Å². The lowest BCUT2D eigenvalue weighted by molar-refractivity contribution is -0.139. The highest BCUT2D eigenvalue weighted by Crippen LogP contribution is 2.46. The van der Waals surface area contributed by atoms with Crippen molar-refractivity contribution in [3.63, 3.8) is 0 Å². The van der Waals surface area contributed by atoms with Crippen molar-refractivity contribution in [1.82, 2.24) is 24.3 Å². The van der Waals surface area contributed by atoms with Gasteiger partial charge < -0.3 is 45.6 Å². The number of imide groups is 1. The maximum absolute atomic E-state index is 14.0. The highest BCUT2D eigenvalue weighted by molar-refractivity contribution is 7.88. The van der Waals surface area contributed by atoms with Gasteiger partial charge in [0.25, 0.3) is 5.91 Å². The number of benzene rings is 3. The minimum absolute atomic E-state index is 0.0120. The van der Waals surface area contributed by atoms with E-state index in [1.54, 1.807) is 70.5 Å². The summed E-state index contributed by atoms with van der Waals surface area (Å²) in [6.07, 6.45) is 1.33. The molecular formula is C47H51ClN8O12S2. The van der Waals surface area contributed by atoms with Gasteiger partial charge in [-0.3, -0.25) is 24.5 Å². The Morgan fingerprint density at radius 2 is 1.63 bits per heavy atom. The molecule has 5 heterocycles. The number of nitrogens with one attached hydrogen (secondary N) is 4. The number of anilines is 3. The van der Waals surface area contributed by atoms with Crippen molar-refractivity contribution in [1.29, 1.82) is 0 Å². The van der Waals surface area contributed by atoms with Crippen LogP contribution in [0.1, 0.15) is 70.7 Å². The molecule has 0 radical (unpaired) electrons. The lowest BCUT2D eigenvalue weighted by atomic mass is 9.89. The third-order valence-corrected chi connectivity index (χ3v) is 16.5. The van der Waals surface area contributed by atoms with Gasteiger partial charge in [0.05, 0.1) is 17.2 Å². The summed E-state index contributed by atoms with van der Waals surface area (Å²) in [7, 11) is -3.84. The van der Waals surface area contributed by atoms with Crippen molar-refractivity contribution in [2.45, 2.75) is 69.5 Å². The van der Waals surface area contributed by atoms with E-state index < -0.39 is 52.1 Å². The van der Waals surface area contributed by atoms with Crippen LogP contribution in [-0.2, 0) is 41.5 Å². The zero-order valence-electron chi connectivity index (χ0n) is 38.2. The van der Waals surface area contributed by atoms with E-state index in [9.17, 15) is 47.1 Å². The van der Waals surface area contributed by atoms with Crippen LogP contribution >= 0.6 is 22.9 Å². The second-order valence-electron chi connectivity index (χ2n) is 18.0. The number of carboxylic acid groups (broad SMARTS) is 2. The predicted molar refractivity (Wildman–Crippen MR) is 259 cm³/mol. The highest BCUT2D eigenvalue weighted by atomic mass is 35.5. The largest absolute Gasteiger partial charge is 0.479 e. The van der Waals surface area contributed by atoms with Crippen LogP contribution in [0.3, 0.4) is 0 Å². The fourth-order valence-electron chi connectivity index (χ4n) is 9.42. The molecule has 2 atom stereocenters. The first-order valence-corrected chi connectivity index (χ1v) is 25.3. The molecule has 6 N–H and O–H groups in total. The molecule has 1 unspecified atom stereocenters. The molecule has 20 nitrogen and oxygen atoms in total. The van der Waals surface area contributed by atoms with Crippen molar-refractivity contribution in [2.24, 2.45) is 0 Å². The molecule has 23 heteroatoms. The summed E-state index contributed by atoms with van der Waals surface area (Å²) in [5.41, 5.74) is 3.09. The number of hydrogen-bond acceptors (Lipinski definition) is 13. The number of fused-ring (bicyclic) bond motifs is 1. The number of piperazine rings is 1. The standard InChI is InChI=1S/C47H51ClN8O12S2/c1-47(2)22-31(50-30-9-4-7-28(21-30)41-39(48)40(68-25-38(59)60)42(69-41)45(63)64)14-15-56(47)70(66,67)26-27-6-3-8-29(20-27)51-46(65)54-18-16-53(17-19-54)37(58)23-49-34-11-5-10-32-33(34)24-55(44(32)62)35-12-13-36(57)52-43(35)61/h3-11,20-21,31,35,49-50H,12-19,22-26H2,1-2H3,(H,51,65)(H,59,60)(H,63,64)(H,52,57,61)/t31-,35?/m0/s1. The first-order valence-electron chi connectivity index (χ1n) is 22.5. The number of amides is 6. The Morgan fingerprint density at radius 3 is 2.34 bits per heavy atom. The average molecular weight is 1020 g/mol. The monoisotopic (exact) mass is 1020 g/mol. The van der Waals surface area contributed by atoms with Crippen LogP contribution in [0.5, 0.6) is 5.75 Å². The van der Waals surface area contributed by atoms with Gasteiger partial charge >= 0.3 is 18.0 Å². The zero-order valence-corrected chi connectivity index (χ0v) is 40.5. The van der Waals surface area contributed by atoms with E-state index in [-0.39, 0.29) is 104 Å². The number of thiophene rings is 1. The molecular weight excluding hydrogens is 968 g/mol. The maximum atomic E-state index is 14.0. The Kier molecular flexibility index (Phi) is 14.4. The number of aromatic carboxylic acids is 1. The number of rotatable bonds is 15. The molecule has 4 aromatic rings.